The number of carboxylic acid groups (broad SMARTS) is 1. The number of benzene rings is 5. The van der Waals surface area contributed by atoms with Crippen LogP contribution in [-0.4, -0.2) is 212 Å². The van der Waals surface area contributed by atoms with Crippen molar-refractivity contribution in [3.05, 3.63) is 155 Å². The maximum atomic E-state index is 13.0. The zero-order valence-electron chi connectivity index (χ0n) is 53.4. The molecule has 26 heteroatoms. The van der Waals surface area contributed by atoms with Gasteiger partial charge in [0.05, 0.1) is 49.7 Å². The molecule has 2 heterocycles. The number of amides is 5. The number of ether oxygens (including phenoxy) is 4. The fourth-order valence-corrected chi connectivity index (χ4v) is 12.5. The van der Waals surface area contributed by atoms with E-state index in [1.54, 1.807) is 72.8 Å². The highest BCUT2D eigenvalue weighted by molar-refractivity contribution is 7.99. The molecule has 0 radical (unpaired) electrons. The number of nitrogens with one attached hydrogen (secondary N) is 5. The lowest BCUT2D eigenvalue weighted by Gasteiger charge is -2.46. The smallest absolute Gasteiger partial charge is 0.364 e. The number of Topliss-reactive ketones (excluding diaryl/α,β-unsaturated/α-hetero) is 1. The minimum Gasteiger partial charge on any atom is -0.477 e. The van der Waals surface area contributed by atoms with Gasteiger partial charge in [0.2, 0.25) is 17.6 Å². The summed E-state index contributed by atoms with van der Waals surface area (Å²) in [6, 6.07) is 33.0. The highest BCUT2D eigenvalue weighted by Crippen LogP contribution is 2.35. The molecule has 0 spiro atoms. The van der Waals surface area contributed by atoms with Crippen molar-refractivity contribution in [2.75, 3.05) is 55.9 Å². The first kappa shape index (κ1) is 74.9. The third-order valence-electron chi connectivity index (χ3n) is 16.1. The van der Waals surface area contributed by atoms with E-state index in [2.05, 4.69) is 26.6 Å². The number of hydrogen-bond acceptors (Lipinski definition) is 20. The van der Waals surface area contributed by atoms with Crippen LogP contribution in [0.25, 0.3) is 22.3 Å². The molecule has 5 aromatic carbocycles. The Kier molecular flexibility index (Phi) is 28.4. The van der Waals surface area contributed by atoms with Crippen LogP contribution in [-0.2, 0) is 38.1 Å². The summed E-state index contributed by atoms with van der Waals surface area (Å²) in [6.45, 7) is 5.50. The van der Waals surface area contributed by atoms with Gasteiger partial charge in [0.25, 0.3) is 23.5 Å². The first-order valence-corrected chi connectivity index (χ1v) is 33.7. The van der Waals surface area contributed by atoms with Gasteiger partial charge in [0.1, 0.15) is 24.4 Å². The molecule has 7 rings (SSSR count). The van der Waals surface area contributed by atoms with E-state index in [0.717, 1.165) is 40.3 Å². The molecule has 512 valence electrons. The Hall–Kier alpha value is -7.44. The molecule has 12 atom stereocenters. The van der Waals surface area contributed by atoms with Crippen LogP contribution in [0.1, 0.15) is 105 Å². The Bertz CT molecular complexity index is 3370. The lowest BCUT2D eigenvalue weighted by molar-refractivity contribution is -0.310. The average molecular weight is 1350 g/mol. The summed E-state index contributed by atoms with van der Waals surface area (Å²) in [5.41, 5.74) is 7.26. The van der Waals surface area contributed by atoms with E-state index in [-0.39, 0.29) is 36.9 Å². The summed E-state index contributed by atoms with van der Waals surface area (Å²) < 4.78 is 23.5. The highest BCUT2D eigenvalue weighted by atomic mass is 32.2. The minimum atomic E-state index is -2.47. The number of hydrogen-bond donors (Lipinski definition) is 12. The number of carboxylic acids is 1. The maximum absolute atomic E-state index is 13.0. The highest BCUT2D eigenvalue weighted by Gasteiger charge is 2.56. The van der Waals surface area contributed by atoms with Gasteiger partial charge in [-0.05, 0) is 109 Å². The predicted octanol–water partition coefficient (Wildman–Crippen LogP) is 3.90. The molecule has 2 saturated heterocycles. The SMILES string of the molecule is CC(=O)N[C@H]1[C@H]([C@H](O)[C@H](O)CNC(=O)c2ccc(-c3ccc(C)cc3)cc2)O[C@](C=O)(OCCCSCCNC(=O)c2ccc(C(=O)CCCSCCCO[C@]3(C(=O)O)C[C@H](O)[C@@H](NC(C)=O)[C@H]([C@H](O)[C@@H](O)CNC(=O)c4ccc(-c5ccc(C)cc5)cc4)O3)cc2)C[C@@H]1O. The zero-order valence-corrected chi connectivity index (χ0v) is 55.0. The minimum absolute atomic E-state index is 0.0204. The number of aliphatic hydroxyl groups excluding tert-OH is 6. The Morgan fingerprint density at radius 3 is 1.38 bits per heavy atom. The molecule has 5 aromatic rings. The van der Waals surface area contributed by atoms with Crippen LogP contribution in [0.3, 0.4) is 0 Å². The molecule has 0 aliphatic carbocycles. The fraction of sp³-hybridized carbons (Fsp3) is 0.449. The van der Waals surface area contributed by atoms with Crippen molar-refractivity contribution in [2.45, 2.75) is 139 Å². The standard InChI is InChI=1S/C69H85N5O19S2/c1-41-9-13-45(14-10-41)47-17-23-51(24-18-47)65(86)71-38-56(81)60(83)62-58(73-43(3)76)54(79)36-68(40-75,92-62)90-30-6-34-95-35-29-70-64(85)50-27-21-49(22-28-50)53(78)8-5-32-94-33-7-31-91-69(67(88)89)37-55(80)59(74-44(4)77)63(93-69)61(84)57(82)39-72-66(87)52-25-19-48(20-26-52)46-15-11-42(2)12-16-46/h9-28,40,54-63,79-84H,5-8,29-39H2,1-4H3,(H,70,85)(H,71,86)(H,72,87)(H,73,76)(H,74,77)(H,88,89)/t54-,55-,56+,57-,58+,59+,60+,61+,62+,63+,68+,69+/m0/s1. The molecular formula is C69H85N5O19S2. The van der Waals surface area contributed by atoms with Crippen LogP contribution in [0.4, 0.5) is 0 Å². The first-order valence-electron chi connectivity index (χ1n) is 31.4. The monoisotopic (exact) mass is 1350 g/mol. The van der Waals surface area contributed by atoms with Gasteiger partial charge in [-0.3, -0.25) is 33.6 Å². The van der Waals surface area contributed by atoms with Crippen LogP contribution in [0.5, 0.6) is 0 Å². The number of aryl methyl sites for hydroxylation is 2. The van der Waals surface area contributed by atoms with Crippen molar-refractivity contribution in [2.24, 2.45) is 0 Å². The molecule has 2 aliphatic rings. The average Bonchev–Trinajstić information content (AvgIpc) is 0.787. The Morgan fingerprint density at radius 1 is 0.537 bits per heavy atom. The Morgan fingerprint density at radius 2 is 0.926 bits per heavy atom. The van der Waals surface area contributed by atoms with E-state index in [1.807, 2.05) is 62.4 Å². The van der Waals surface area contributed by atoms with E-state index >= 15 is 0 Å². The third-order valence-corrected chi connectivity index (χ3v) is 18.4. The summed E-state index contributed by atoms with van der Waals surface area (Å²) >= 11 is 2.98. The number of ketones is 1. The normalized spacial score (nSPS) is 22.2. The van der Waals surface area contributed by atoms with Gasteiger partial charge in [0.15, 0.2) is 12.1 Å². The van der Waals surface area contributed by atoms with Gasteiger partial charge in [0, 0.05) is 80.8 Å². The second-order valence-electron chi connectivity index (χ2n) is 23.6. The van der Waals surface area contributed by atoms with Crippen LogP contribution < -0.4 is 26.6 Å². The van der Waals surface area contributed by atoms with E-state index in [0.29, 0.717) is 71.8 Å². The van der Waals surface area contributed by atoms with Gasteiger partial charge in [-0.25, -0.2) is 4.79 Å². The quantitative estimate of drug-likeness (QED) is 0.0155. The topological polar surface area (TPSA) is 375 Å². The molecule has 2 fully saturated rings. The molecule has 95 heavy (non-hydrogen) atoms. The summed E-state index contributed by atoms with van der Waals surface area (Å²) in [5, 5.41) is 90.4. The lowest BCUT2D eigenvalue weighted by atomic mass is 9.88. The molecule has 0 saturated carbocycles. The van der Waals surface area contributed by atoms with E-state index in [1.165, 1.54) is 30.4 Å². The van der Waals surface area contributed by atoms with Gasteiger partial charge in [-0.1, -0.05) is 96.1 Å². The Labute approximate surface area is 559 Å². The zero-order chi connectivity index (χ0) is 68.8. The predicted molar refractivity (Wildman–Crippen MR) is 355 cm³/mol. The summed E-state index contributed by atoms with van der Waals surface area (Å²) in [4.78, 5) is 102. The summed E-state index contributed by atoms with van der Waals surface area (Å²) in [6.07, 6.45) is -12.6. The third kappa shape index (κ3) is 21.5. The number of aliphatic carboxylic acids is 1. The maximum Gasteiger partial charge on any atom is 0.364 e. The van der Waals surface area contributed by atoms with Crippen LogP contribution in [0.2, 0.25) is 0 Å². The largest absolute Gasteiger partial charge is 0.477 e. The van der Waals surface area contributed by atoms with Gasteiger partial charge in [-0.15, -0.1) is 0 Å². The number of carbonyl (C=O) groups excluding carboxylic acids is 7. The van der Waals surface area contributed by atoms with Crippen molar-refractivity contribution in [1.29, 1.82) is 0 Å². The van der Waals surface area contributed by atoms with Crippen molar-refractivity contribution in [3.63, 3.8) is 0 Å². The number of thioether (sulfide) groups is 2. The van der Waals surface area contributed by atoms with Crippen LogP contribution >= 0.6 is 23.5 Å². The van der Waals surface area contributed by atoms with Gasteiger partial charge in [-0.2, -0.15) is 23.5 Å². The van der Waals surface area contributed by atoms with Crippen molar-refractivity contribution in [3.8, 4) is 22.3 Å². The van der Waals surface area contributed by atoms with E-state index < -0.39 is 128 Å². The van der Waals surface area contributed by atoms with E-state index in [9.17, 15) is 74.1 Å². The number of rotatable bonds is 35. The van der Waals surface area contributed by atoms with Crippen molar-refractivity contribution in [1.82, 2.24) is 26.6 Å². The fourth-order valence-electron chi connectivity index (χ4n) is 10.9. The molecule has 0 bridgehead atoms. The molecule has 0 unspecified atom stereocenters. The summed E-state index contributed by atoms with van der Waals surface area (Å²) in [7, 11) is 0. The number of aldehydes is 1. The molecule has 5 amide bonds. The van der Waals surface area contributed by atoms with Crippen LogP contribution in [0.15, 0.2) is 121 Å². The van der Waals surface area contributed by atoms with Crippen molar-refractivity contribution < 1.29 is 93.0 Å². The van der Waals surface area contributed by atoms with Crippen molar-refractivity contribution >= 4 is 71.1 Å². The molecular weight excluding hydrogens is 1270 g/mol. The van der Waals surface area contributed by atoms with Gasteiger partial charge >= 0.3 is 5.97 Å². The number of aliphatic hydroxyl groups is 6. The second-order valence-corrected chi connectivity index (χ2v) is 26.0. The molecule has 12 N–H and O–H groups in total. The second kappa shape index (κ2) is 36.1. The Balaban J connectivity index is 0.767. The molecule has 24 nitrogen and oxygen atoms in total. The first-order chi connectivity index (χ1) is 45.4. The van der Waals surface area contributed by atoms with E-state index in [4.69, 9.17) is 18.9 Å². The summed E-state index contributed by atoms with van der Waals surface area (Å²) in [5.74, 6) is -6.78. The molecule has 2 aliphatic heterocycles. The molecule has 0 aromatic heterocycles. The van der Waals surface area contributed by atoms with Crippen LogP contribution in [0, 0.1) is 13.8 Å². The van der Waals surface area contributed by atoms with Gasteiger partial charge < -0.3 is 81.3 Å². The lowest BCUT2D eigenvalue weighted by Crippen LogP contribution is -2.68. The number of carbonyl (C=O) groups is 8.